The van der Waals surface area contributed by atoms with E-state index in [-0.39, 0.29) is 11.6 Å². The van der Waals surface area contributed by atoms with Gasteiger partial charge in [0.2, 0.25) is 11.9 Å². The van der Waals surface area contributed by atoms with Gasteiger partial charge in [0.1, 0.15) is 24.2 Å². The van der Waals surface area contributed by atoms with Crippen molar-refractivity contribution in [3.05, 3.63) is 42.3 Å². The molecule has 0 bridgehead atoms. The fourth-order valence-electron chi connectivity index (χ4n) is 2.84. The summed E-state index contributed by atoms with van der Waals surface area (Å²) in [6.45, 7) is -0.945. The van der Waals surface area contributed by atoms with Crippen LogP contribution in [0.1, 0.15) is 12.8 Å². The predicted octanol–water partition coefficient (Wildman–Crippen LogP) is 3.01. The summed E-state index contributed by atoms with van der Waals surface area (Å²) in [6.07, 6.45) is -2.01. The lowest BCUT2D eigenvalue weighted by molar-refractivity contribution is -0.139. The van der Waals surface area contributed by atoms with E-state index < -0.39 is 30.5 Å². The lowest BCUT2D eigenvalue weighted by Gasteiger charge is -2.24. The van der Waals surface area contributed by atoms with Crippen LogP contribution in [0.4, 0.5) is 35.0 Å². The maximum Gasteiger partial charge on any atom is 0.405 e. The Morgan fingerprint density at radius 1 is 1.26 bits per heavy atom. The molecule has 0 aliphatic carbocycles. The second-order valence-corrected chi connectivity index (χ2v) is 6.03. The highest BCUT2D eigenvalue weighted by molar-refractivity contribution is 5.85. The van der Waals surface area contributed by atoms with Crippen LogP contribution < -0.4 is 15.5 Å². The molecule has 1 aliphatic heterocycles. The van der Waals surface area contributed by atoms with Gasteiger partial charge in [-0.25, -0.2) is 9.37 Å². The Hall–Kier alpha value is -2.91. The Morgan fingerprint density at radius 2 is 2.04 bits per heavy atom. The zero-order valence-corrected chi connectivity index (χ0v) is 14.1. The first-order valence-electron chi connectivity index (χ1n) is 8.29. The molecule has 2 heterocycles. The van der Waals surface area contributed by atoms with E-state index in [1.807, 2.05) is 5.32 Å². The van der Waals surface area contributed by atoms with Gasteiger partial charge in [0.25, 0.3) is 0 Å². The molecule has 1 atom stereocenters. The number of alkyl halides is 3. The van der Waals surface area contributed by atoms with Crippen LogP contribution in [-0.4, -0.2) is 41.2 Å². The van der Waals surface area contributed by atoms with Crippen molar-refractivity contribution in [2.75, 3.05) is 23.3 Å². The van der Waals surface area contributed by atoms with Gasteiger partial charge in [-0.3, -0.25) is 4.79 Å². The summed E-state index contributed by atoms with van der Waals surface area (Å²) in [6, 6.07) is 6.81. The van der Waals surface area contributed by atoms with Gasteiger partial charge in [0.05, 0.1) is 5.69 Å². The summed E-state index contributed by atoms with van der Waals surface area (Å²) in [7, 11) is 0. The van der Waals surface area contributed by atoms with Gasteiger partial charge in [-0.05, 0) is 31.0 Å². The van der Waals surface area contributed by atoms with E-state index in [0.717, 1.165) is 0 Å². The third kappa shape index (κ3) is 4.83. The molecule has 0 radical (unpaired) electrons. The molecule has 1 saturated heterocycles. The second kappa shape index (κ2) is 7.77. The van der Waals surface area contributed by atoms with E-state index in [9.17, 15) is 22.4 Å². The fourth-order valence-corrected chi connectivity index (χ4v) is 2.84. The summed E-state index contributed by atoms with van der Waals surface area (Å²) >= 11 is 0. The number of hydrogen-bond donors (Lipinski definition) is 2. The fraction of sp³-hybridized carbons (Fsp3) is 0.353. The molecule has 1 fully saturated rings. The van der Waals surface area contributed by atoms with Crippen molar-refractivity contribution in [1.29, 1.82) is 0 Å². The van der Waals surface area contributed by atoms with Crippen molar-refractivity contribution < 1.29 is 22.4 Å². The number of anilines is 3. The van der Waals surface area contributed by atoms with E-state index in [2.05, 4.69) is 15.3 Å². The van der Waals surface area contributed by atoms with Crippen molar-refractivity contribution in [3.8, 4) is 0 Å². The largest absolute Gasteiger partial charge is 0.405 e. The van der Waals surface area contributed by atoms with Crippen molar-refractivity contribution in [2.24, 2.45) is 0 Å². The summed E-state index contributed by atoms with van der Waals surface area (Å²) < 4.78 is 50.7. The van der Waals surface area contributed by atoms with Crippen LogP contribution in [0, 0.1) is 5.82 Å². The topological polar surface area (TPSA) is 70.2 Å². The smallest absolute Gasteiger partial charge is 0.345 e. The van der Waals surface area contributed by atoms with E-state index in [0.29, 0.717) is 25.2 Å². The van der Waals surface area contributed by atoms with Gasteiger partial charge in [-0.2, -0.15) is 18.2 Å². The monoisotopic (exact) mass is 383 g/mol. The van der Waals surface area contributed by atoms with Crippen LogP contribution in [0.3, 0.4) is 0 Å². The van der Waals surface area contributed by atoms with Gasteiger partial charge in [0.15, 0.2) is 0 Å². The summed E-state index contributed by atoms with van der Waals surface area (Å²) in [5.41, 5.74) is 0.225. The number of carbonyl (C=O) groups excluding carboxylic acids is 1. The van der Waals surface area contributed by atoms with E-state index in [1.54, 1.807) is 23.1 Å². The lowest BCUT2D eigenvalue weighted by Crippen LogP contribution is -2.46. The number of rotatable bonds is 5. The molecular formula is C17H17F4N5O. The molecule has 1 aromatic heterocycles. The zero-order valence-electron chi connectivity index (χ0n) is 14.1. The summed E-state index contributed by atoms with van der Waals surface area (Å²) in [5.74, 6) is -0.670. The normalized spacial score (nSPS) is 17.0. The highest BCUT2D eigenvalue weighted by Gasteiger charge is 2.35. The molecule has 10 heteroatoms. The predicted molar refractivity (Wildman–Crippen MR) is 91.1 cm³/mol. The second-order valence-electron chi connectivity index (χ2n) is 6.03. The SMILES string of the molecule is O=C(NCC(F)(F)F)C1CCCN1c1nccc(Nc2ccccc2F)n1. The summed E-state index contributed by atoms with van der Waals surface area (Å²) in [5, 5.41) is 4.72. The molecule has 3 rings (SSSR count). The number of benzene rings is 1. The van der Waals surface area contributed by atoms with Gasteiger partial charge < -0.3 is 15.5 Å². The Labute approximate surface area is 152 Å². The molecule has 0 spiro atoms. The number of para-hydroxylation sites is 1. The van der Waals surface area contributed by atoms with Crippen LogP contribution in [0.25, 0.3) is 0 Å². The first kappa shape index (κ1) is 18.9. The first-order chi connectivity index (χ1) is 12.8. The average Bonchev–Trinajstić information content (AvgIpc) is 3.11. The van der Waals surface area contributed by atoms with Crippen molar-refractivity contribution >= 4 is 23.4 Å². The average molecular weight is 383 g/mol. The van der Waals surface area contributed by atoms with Crippen molar-refractivity contribution in [1.82, 2.24) is 15.3 Å². The van der Waals surface area contributed by atoms with E-state index in [4.69, 9.17) is 0 Å². The maximum absolute atomic E-state index is 13.8. The molecular weight excluding hydrogens is 366 g/mol. The number of halogens is 4. The van der Waals surface area contributed by atoms with Crippen LogP contribution in [0.2, 0.25) is 0 Å². The van der Waals surface area contributed by atoms with Crippen molar-refractivity contribution in [2.45, 2.75) is 25.1 Å². The Bertz CT molecular complexity index is 814. The van der Waals surface area contributed by atoms with E-state index >= 15 is 0 Å². The molecule has 1 amide bonds. The molecule has 2 N–H and O–H groups in total. The van der Waals surface area contributed by atoms with Gasteiger partial charge in [0, 0.05) is 12.7 Å². The number of hydrogen-bond acceptors (Lipinski definition) is 5. The minimum Gasteiger partial charge on any atom is -0.345 e. The van der Waals surface area contributed by atoms with Crippen LogP contribution >= 0.6 is 0 Å². The Balaban J connectivity index is 1.73. The lowest BCUT2D eigenvalue weighted by atomic mass is 10.2. The van der Waals surface area contributed by atoms with Crippen LogP contribution in [0.5, 0.6) is 0 Å². The van der Waals surface area contributed by atoms with Gasteiger partial charge >= 0.3 is 6.18 Å². The molecule has 6 nitrogen and oxygen atoms in total. The Morgan fingerprint density at radius 3 is 2.78 bits per heavy atom. The van der Waals surface area contributed by atoms with E-state index in [1.165, 1.54) is 18.3 Å². The minimum atomic E-state index is -4.47. The number of amides is 1. The standard InChI is InChI=1S/C17H17F4N5O/c18-11-4-1-2-5-12(11)24-14-7-8-22-16(25-14)26-9-3-6-13(26)15(27)23-10-17(19,20)21/h1-2,4-5,7-8,13H,3,6,9-10H2,(H,23,27)(H,22,24,25). The molecule has 1 unspecified atom stereocenters. The number of carbonyl (C=O) groups is 1. The molecule has 0 saturated carbocycles. The first-order valence-corrected chi connectivity index (χ1v) is 8.29. The number of nitrogens with one attached hydrogen (secondary N) is 2. The molecule has 1 aromatic carbocycles. The van der Waals surface area contributed by atoms with Crippen molar-refractivity contribution in [3.63, 3.8) is 0 Å². The quantitative estimate of drug-likeness (QED) is 0.777. The van der Waals surface area contributed by atoms with Crippen LogP contribution in [0.15, 0.2) is 36.5 Å². The van der Waals surface area contributed by atoms with Gasteiger partial charge in [-0.1, -0.05) is 12.1 Å². The Kier molecular flexibility index (Phi) is 5.43. The number of aromatic nitrogens is 2. The van der Waals surface area contributed by atoms with Gasteiger partial charge in [-0.15, -0.1) is 0 Å². The number of nitrogens with zero attached hydrogens (tertiary/aromatic N) is 3. The third-order valence-corrected chi connectivity index (χ3v) is 4.05. The zero-order chi connectivity index (χ0) is 19.4. The minimum absolute atomic E-state index is 0.195. The summed E-state index contributed by atoms with van der Waals surface area (Å²) in [4.78, 5) is 22.0. The molecule has 27 heavy (non-hydrogen) atoms. The third-order valence-electron chi connectivity index (χ3n) is 4.05. The highest BCUT2D eigenvalue weighted by Crippen LogP contribution is 2.25. The van der Waals surface area contributed by atoms with Crippen LogP contribution in [-0.2, 0) is 4.79 Å². The maximum atomic E-state index is 13.8. The molecule has 2 aromatic rings. The molecule has 1 aliphatic rings. The molecule has 144 valence electrons. The highest BCUT2D eigenvalue weighted by atomic mass is 19.4.